The van der Waals surface area contributed by atoms with Gasteiger partial charge in [0, 0.05) is 29.0 Å². The molecule has 0 aromatic heterocycles. The maximum Gasteiger partial charge on any atom is 0.260 e. The van der Waals surface area contributed by atoms with E-state index in [0.717, 1.165) is 5.41 Å². The zero-order chi connectivity index (χ0) is 18.6. The molecule has 1 aromatic rings. The molecule has 1 N–H and O–H groups in total. The van der Waals surface area contributed by atoms with E-state index in [4.69, 9.17) is 27.9 Å². The molecule has 0 spiro atoms. The van der Waals surface area contributed by atoms with Gasteiger partial charge in [0.25, 0.3) is 5.91 Å². The van der Waals surface area contributed by atoms with Gasteiger partial charge >= 0.3 is 0 Å². The van der Waals surface area contributed by atoms with Crippen LogP contribution in [0.3, 0.4) is 0 Å². The van der Waals surface area contributed by atoms with Gasteiger partial charge in [-0.15, -0.1) is 0 Å². The minimum Gasteiger partial charge on any atom is -0.482 e. The summed E-state index contributed by atoms with van der Waals surface area (Å²) < 4.78 is 31.6. The second-order valence-corrected chi connectivity index (χ2v) is 8.80. The predicted octanol–water partition coefficient (Wildman–Crippen LogP) is 3.19. The number of benzene rings is 1. The Balaban J connectivity index is 1.85. The van der Waals surface area contributed by atoms with Crippen molar-refractivity contribution in [2.75, 3.05) is 19.7 Å². The van der Waals surface area contributed by atoms with Crippen LogP contribution in [-0.2, 0) is 14.8 Å². The van der Waals surface area contributed by atoms with Gasteiger partial charge in [0.2, 0.25) is 10.0 Å². The first-order chi connectivity index (χ1) is 11.7. The van der Waals surface area contributed by atoms with Crippen molar-refractivity contribution in [1.82, 2.24) is 9.62 Å². The summed E-state index contributed by atoms with van der Waals surface area (Å²) in [6.07, 6.45) is 1.07. The highest BCUT2D eigenvalue weighted by molar-refractivity contribution is 9.10. The smallest absolute Gasteiger partial charge is 0.260 e. The molecule has 1 saturated heterocycles. The van der Waals surface area contributed by atoms with Crippen LogP contribution in [0.1, 0.15) is 12.8 Å². The Bertz CT molecular complexity index is 765. The average molecular weight is 472 g/mol. The number of rotatable bonds is 6. The van der Waals surface area contributed by atoms with E-state index in [2.05, 4.69) is 27.2 Å². The Morgan fingerprint density at radius 3 is 2.60 bits per heavy atom. The predicted molar refractivity (Wildman–Crippen MR) is 102 cm³/mol. The molecule has 1 aliphatic heterocycles. The van der Waals surface area contributed by atoms with Crippen molar-refractivity contribution in [2.45, 2.75) is 18.9 Å². The second kappa shape index (κ2) is 8.73. The summed E-state index contributed by atoms with van der Waals surface area (Å²) >= 11 is 15.2. The number of amides is 1. The van der Waals surface area contributed by atoms with Gasteiger partial charge in [-0.25, -0.2) is 13.1 Å². The molecule has 0 aliphatic carbocycles. The van der Waals surface area contributed by atoms with Crippen molar-refractivity contribution in [3.63, 3.8) is 0 Å². The standard InChI is InChI=1S/C15H17BrCl2N2O4S/c1-2-25(22,23)19-10-3-5-20(6-4-10)15(21)9-24-14-7-11(16)12(17)8-13(14)18/h2,7-8,10,19H,1,3-6,9H2. The van der Waals surface area contributed by atoms with Gasteiger partial charge in [0.05, 0.1) is 10.0 Å². The van der Waals surface area contributed by atoms with Crippen molar-refractivity contribution in [3.8, 4) is 5.75 Å². The molecule has 1 heterocycles. The average Bonchev–Trinajstić information content (AvgIpc) is 2.57. The largest absolute Gasteiger partial charge is 0.482 e. The van der Waals surface area contributed by atoms with Gasteiger partial charge in [0.15, 0.2) is 6.61 Å². The molecular weight excluding hydrogens is 455 g/mol. The Morgan fingerprint density at radius 2 is 2.00 bits per heavy atom. The second-order valence-electron chi connectivity index (χ2n) is 5.47. The van der Waals surface area contributed by atoms with Crippen molar-refractivity contribution >= 4 is 55.1 Å². The Hall–Kier alpha value is -0.800. The first kappa shape index (κ1) is 20.5. The fraction of sp³-hybridized carbons (Fsp3) is 0.400. The Kier molecular flexibility index (Phi) is 7.16. The summed E-state index contributed by atoms with van der Waals surface area (Å²) in [6, 6.07) is 2.94. The lowest BCUT2D eigenvalue weighted by Gasteiger charge is -2.32. The SMILES string of the molecule is C=CS(=O)(=O)NC1CCN(C(=O)COc2cc(Br)c(Cl)cc2Cl)CC1. The Labute approximate surface area is 165 Å². The number of carbonyl (C=O) groups excluding carboxylic acids is 1. The molecule has 0 saturated carbocycles. The monoisotopic (exact) mass is 470 g/mol. The first-order valence-corrected chi connectivity index (χ1v) is 10.5. The summed E-state index contributed by atoms with van der Waals surface area (Å²) in [5.74, 6) is 0.173. The lowest BCUT2D eigenvalue weighted by Crippen LogP contribution is -2.47. The van der Waals surface area contributed by atoms with Gasteiger partial charge < -0.3 is 9.64 Å². The van der Waals surface area contributed by atoms with Crippen LogP contribution in [0.2, 0.25) is 10.0 Å². The number of piperidine rings is 1. The van der Waals surface area contributed by atoms with E-state index in [9.17, 15) is 13.2 Å². The van der Waals surface area contributed by atoms with Gasteiger partial charge in [-0.2, -0.15) is 0 Å². The maximum absolute atomic E-state index is 12.2. The number of hydrogen-bond acceptors (Lipinski definition) is 4. The number of hydrogen-bond donors (Lipinski definition) is 1. The summed E-state index contributed by atoms with van der Waals surface area (Å²) in [5, 5.41) is 1.65. The van der Waals surface area contributed by atoms with Crippen molar-refractivity contribution < 1.29 is 17.9 Å². The van der Waals surface area contributed by atoms with Crippen LogP contribution in [-0.4, -0.2) is 45.0 Å². The molecule has 6 nitrogen and oxygen atoms in total. The van der Waals surface area contributed by atoms with Crippen LogP contribution in [0.4, 0.5) is 0 Å². The fourth-order valence-corrected chi connectivity index (χ4v) is 3.93. The molecule has 1 fully saturated rings. The third-order valence-corrected chi connectivity index (χ3v) is 6.32. The normalized spacial score (nSPS) is 15.9. The van der Waals surface area contributed by atoms with Crippen LogP contribution < -0.4 is 9.46 Å². The topological polar surface area (TPSA) is 75.7 Å². The summed E-state index contributed by atoms with van der Waals surface area (Å²) in [6.45, 7) is 4.00. The lowest BCUT2D eigenvalue weighted by molar-refractivity contribution is -0.134. The molecule has 0 unspecified atom stereocenters. The van der Waals surface area contributed by atoms with Crippen LogP contribution in [0.15, 0.2) is 28.6 Å². The van der Waals surface area contributed by atoms with E-state index in [1.54, 1.807) is 11.0 Å². The lowest BCUT2D eigenvalue weighted by atomic mass is 10.1. The van der Waals surface area contributed by atoms with Crippen molar-refractivity contribution in [1.29, 1.82) is 0 Å². The molecule has 25 heavy (non-hydrogen) atoms. The maximum atomic E-state index is 12.2. The highest BCUT2D eigenvalue weighted by Crippen LogP contribution is 2.34. The first-order valence-electron chi connectivity index (χ1n) is 7.41. The highest BCUT2D eigenvalue weighted by atomic mass is 79.9. The van der Waals surface area contributed by atoms with E-state index in [-0.39, 0.29) is 18.6 Å². The molecule has 1 amide bonds. The molecule has 10 heteroatoms. The van der Waals surface area contributed by atoms with Crippen molar-refractivity contribution in [2.24, 2.45) is 0 Å². The molecular formula is C15H17BrCl2N2O4S. The molecule has 0 atom stereocenters. The van der Waals surface area contributed by atoms with Gasteiger partial charge in [-0.3, -0.25) is 4.79 Å². The third-order valence-electron chi connectivity index (χ3n) is 3.72. The van der Waals surface area contributed by atoms with E-state index in [1.807, 2.05) is 0 Å². The minimum absolute atomic E-state index is 0.156. The number of halogens is 3. The van der Waals surface area contributed by atoms with Crippen LogP contribution in [0.5, 0.6) is 5.75 Å². The molecule has 0 radical (unpaired) electrons. The highest BCUT2D eigenvalue weighted by Gasteiger charge is 2.25. The molecule has 138 valence electrons. The number of nitrogens with zero attached hydrogens (tertiary/aromatic N) is 1. The fourth-order valence-electron chi connectivity index (χ4n) is 2.37. The molecule has 2 rings (SSSR count). The van der Waals surface area contributed by atoms with Crippen LogP contribution in [0, 0.1) is 0 Å². The van der Waals surface area contributed by atoms with E-state index >= 15 is 0 Å². The summed E-state index contributed by atoms with van der Waals surface area (Å²) in [5.41, 5.74) is 0. The number of ether oxygens (including phenoxy) is 1. The third kappa shape index (κ3) is 5.86. The van der Waals surface area contributed by atoms with Gasteiger partial charge in [0.1, 0.15) is 5.75 Å². The molecule has 1 aromatic carbocycles. The minimum atomic E-state index is -3.46. The number of likely N-dealkylation sites (tertiary alicyclic amines) is 1. The Morgan fingerprint density at radius 1 is 1.36 bits per heavy atom. The van der Waals surface area contributed by atoms with E-state index < -0.39 is 10.0 Å². The zero-order valence-electron chi connectivity index (χ0n) is 13.2. The van der Waals surface area contributed by atoms with E-state index in [1.165, 1.54) is 6.07 Å². The van der Waals surface area contributed by atoms with Crippen molar-refractivity contribution in [3.05, 3.63) is 38.6 Å². The molecule has 0 bridgehead atoms. The van der Waals surface area contributed by atoms with Gasteiger partial charge in [-0.1, -0.05) is 29.8 Å². The summed E-state index contributed by atoms with van der Waals surface area (Å²) in [4.78, 5) is 13.9. The number of sulfonamides is 1. The van der Waals surface area contributed by atoms with Gasteiger partial charge in [-0.05, 0) is 40.9 Å². The molecule has 1 aliphatic rings. The number of nitrogens with one attached hydrogen (secondary N) is 1. The number of carbonyl (C=O) groups is 1. The summed E-state index contributed by atoms with van der Waals surface area (Å²) in [7, 11) is -3.46. The van der Waals surface area contributed by atoms with E-state index in [0.29, 0.717) is 46.2 Å². The van der Waals surface area contributed by atoms with Crippen LogP contribution in [0.25, 0.3) is 0 Å². The van der Waals surface area contributed by atoms with Crippen LogP contribution >= 0.6 is 39.1 Å². The zero-order valence-corrected chi connectivity index (χ0v) is 17.1. The quantitative estimate of drug-likeness (QED) is 0.646.